The van der Waals surface area contributed by atoms with Crippen molar-refractivity contribution < 1.29 is 4.79 Å². The molecule has 1 atom stereocenters. The van der Waals surface area contributed by atoms with Gasteiger partial charge in [-0.2, -0.15) is 0 Å². The second-order valence-corrected chi connectivity index (χ2v) is 3.35. The molecule has 0 saturated heterocycles. The van der Waals surface area contributed by atoms with Gasteiger partial charge < -0.3 is 11.5 Å². The third kappa shape index (κ3) is 2.06. The largest absolute Gasteiger partial charge is 0.368 e. The molecule has 4 heteroatoms. The summed E-state index contributed by atoms with van der Waals surface area (Å²) < 4.78 is 0.947. The number of carbonyl (C=O) groups is 1. The van der Waals surface area contributed by atoms with Gasteiger partial charge >= 0.3 is 0 Å². The average Bonchev–Trinajstić information content (AvgIpc) is 2.04. The zero-order valence-electron chi connectivity index (χ0n) is 6.33. The van der Waals surface area contributed by atoms with E-state index in [1.54, 1.807) is 12.1 Å². The summed E-state index contributed by atoms with van der Waals surface area (Å²) in [5, 5.41) is 0. The van der Waals surface area contributed by atoms with Gasteiger partial charge in [0.15, 0.2) is 0 Å². The molecule has 0 unspecified atom stereocenters. The first kappa shape index (κ1) is 9.22. The van der Waals surface area contributed by atoms with Crippen LogP contribution in [0.5, 0.6) is 0 Å². The summed E-state index contributed by atoms with van der Waals surface area (Å²) in [5.74, 6) is -0.516. The summed E-state index contributed by atoms with van der Waals surface area (Å²) in [6.45, 7) is 0. The fourth-order valence-electron chi connectivity index (χ4n) is 0.834. The molecule has 1 amide bonds. The summed E-state index contributed by atoms with van der Waals surface area (Å²) in [6, 6.07) is 6.45. The number of carbonyl (C=O) groups excluding carboxylic acids is 1. The fraction of sp³-hybridized carbons (Fsp3) is 0.125. The molecule has 1 rings (SSSR count). The van der Waals surface area contributed by atoms with E-state index in [0.717, 1.165) is 10.0 Å². The first-order valence-corrected chi connectivity index (χ1v) is 4.21. The lowest BCUT2D eigenvalue weighted by Gasteiger charge is -2.06. The minimum absolute atomic E-state index is 0.516. The Morgan fingerprint density at radius 2 is 1.83 bits per heavy atom. The molecule has 0 aromatic heterocycles. The molecular weight excluding hydrogens is 220 g/mol. The van der Waals surface area contributed by atoms with E-state index >= 15 is 0 Å². The van der Waals surface area contributed by atoms with Crippen molar-refractivity contribution in [3.05, 3.63) is 34.3 Å². The topological polar surface area (TPSA) is 69.1 Å². The van der Waals surface area contributed by atoms with Gasteiger partial charge in [0.1, 0.15) is 6.04 Å². The molecule has 0 fully saturated rings. The monoisotopic (exact) mass is 228 g/mol. The number of primary amides is 1. The smallest absolute Gasteiger partial charge is 0.238 e. The van der Waals surface area contributed by atoms with Crippen molar-refractivity contribution in [3.8, 4) is 0 Å². The summed E-state index contributed by atoms with van der Waals surface area (Å²) in [6.07, 6.45) is 0. The highest BCUT2D eigenvalue weighted by Gasteiger charge is 2.10. The Hall–Kier alpha value is -0.870. The van der Waals surface area contributed by atoms with Gasteiger partial charge in [-0.05, 0) is 17.7 Å². The molecule has 12 heavy (non-hydrogen) atoms. The second kappa shape index (κ2) is 3.69. The maximum atomic E-state index is 10.7. The molecule has 0 saturated carbocycles. The van der Waals surface area contributed by atoms with Gasteiger partial charge in [-0.25, -0.2) is 0 Å². The SMILES string of the molecule is NC(=O)[C@@H](N)c1ccc(Br)cc1. The minimum Gasteiger partial charge on any atom is -0.368 e. The van der Waals surface area contributed by atoms with Crippen molar-refractivity contribution in [2.45, 2.75) is 6.04 Å². The third-order valence-electron chi connectivity index (χ3n) is 1.54. The molecule has 0 heterocycles. The number of hydrogen-bond acceptors (Lipinski definition) is 2. The Morgan fingerprint density at radius 3 is 2.25 bits per heavy atom. The molecule has 0 aliphatic heterocycles. The predicted octanol–water partition coefficient (Wildman–Crippen LogP) is 0.934. The van der Waals surface area contributed by atoms with Crippen LogP contribution in [0.25, 0.3) is 0 Å². The summed E-state index contributed by atoms with van der Waals surface area (Å²) in [5.41, 5.74) is 11.3. The van der Waals surface area contributed by atoms with Crippen LogP contribution < -0.4 is 11.5 Å². The van der Waals surface area contributed by atoms with Crippen molar-refractivity contribution in [1.29, 1.82) is 0 Å². The molecule has 1 aromatic carbocycles. The van der Waals surface area contributed by atoms with Crippen LogP contribution in [0.3, 0.4) is 0 Å². The van der Waals surface area contributed by atoms with Crippen LogP contribution in [0.2, 0.25) is 0 Å². The number of benzene rings is 1. The van der Waals surface area contributed by atoms with Crippen LogP contribution in [0.15, 0.2) is 28.7 Å². The molecule has 0 spiro atoms. The van der Waals surface area contributed by atoms with Crippen molar-refractivity contribution in [1.82, 2.24) is 0 Å². The van der Waals surface area contributed by atoms with E-state index in [2.05, 4.69) is 15.9 Å². The van der Waals surface area contributed by atoms with Gasteiger partial charge in [-0.3, -0.25) is 4.79 Å². The second-order valence-electron chi connectivity index (χ2n) is 2.43. The van der Waals surface area contributed by atoms with E-state index in [4.69, 9.17) is 11.5 Å². The first-order chi connectivity index (χ1) is 5.61. The number of amides is 1. The highest BCUT2D eigenvalue weighted by atomic mass is 79.9. The quantitative estimate of drug-likeness (QED) is 0.792. The van der Waals surface area contributed by atoms with Crippen molar-refractivity contribution in [2.75, 3.05) is 0 Å². The predicted molar refractivity (Wildman–Crippen MR) is 50.3 cm³/mol. The molecule has 0 aliphatic rings. The number of halogens is 1. The van der Waals surface area contributed by atoms with Gasteiger partial charge in [-0.15, -0.1) is 0 Å². The van der Waals surface area contributed by atoms with Crippen molar-refractivity contribution in [3.63, 3.8) is 0 Å². The summed E-state index contributed by atoms with van der Waals surface area (Å²) in [7, 11) is 0. The Kier molecular flexibility index (Phi) is 2.83. The van der Waals surface area contributed by atoms with Gasteiger partial charge in [0.25, 0.3) is 0 Å². The maximum absolute atomic E-state index is 10.7. The highest BCUT2D eigenvalue weighted by molar-refractivity contribution is 9.10. The number of hydrogen-bond donors (Lipinski definition) is 2. The van der Waals surface area contributed by atoms with Gasteiger partial charge in [0.2, 0.25) is 5.91 Å². The Bertz CT molecular complexity index is 284. The molecule has 0 bridgehead atoms. The van der Waals surface area contributed by atoms with E-state index in [9.17, 15) is 4.79 Å². The molecule has 0 aliphatic carbocycles. The van der Waals surface area contributed by atoms with Crippen LogP contribution in [0, 0.1) is 0 Å². The summed E-state index contributed by atoms with van der Waals surface area (Å²) >= 11 is 3.27. The Balaban J connectivity index is 2.89. The third-order valence-corrected chi connectivity index (χ3v) is 2.06. The van der Waals surface area contributed by atoms with Crippen molar-refractivity contribution >= 4 is 21.8 Å². The normalized spacial score (nSPS) is 12.5. The van der Waals surface area contributed by atoms with Gasteiger partial charge in [0.05, 0.1) is 0 Å². The molecule has 3 nitrogen and oxygen atoms in total. The zero-order chi connectivity index (χ0) is 9.14. The zero-order valence-corrected chi connectivity index (χ0v) is 7.91. The van der Waals surface area contributed by atoms with Crippen LogP contribution in [0.1, 0.15) is 11.6 Å². The fourth-order valence-corrected chi connectivity index (χ4v) is 1.10. The molecule has 1 aromatic rings. The van der Waals surface area contributed by atoms with Crippen LogP contribution in [-0.4, -0.2) is 5.91 Å². The lowest BCUT2D eigenvalue weighted by atomic mass is 10.1. The minimum atomic E-state index is -0.710. The van der Waals surface area contributed by atoms with Gasteiger partial charge in [-0.1, -0.05) is 28.1 Å². The summed E-state index contributed by atoms with van der Waals surface area (Å²) in [4.78, 5) is 10.7. The first-order valence-electron chi connectivity index (χ1n) is 3.41. The lowest BCUT2D eigenvalue weighted by Crippen LogP contribution is -2.28. The lowest BCUT2D eigenvalue weighted by molar-refractivity contribution is -0.119. The standard InChI is InChI=1S/C8H9BrN2O/c9-6-3-1-5(2-4-6)7(10)8(11)12/h1-4,7H,10H2,(H2,11,12)/t7-/m0/s1. The Labute approximate surface area is 78.9 Å². The number of nitrogens with two attached hydrogens (primary N) is 2. The van der Waals surface area contributed by atoms with Crippen molar-refractivity contribution in [2.24, 2.45) is 11.5 Å². The van der Waals surface area contributed by atoms with Gasteiger partial charge in [0, 0.05) is 4.47 Å². The van der Waals surface area contributed by atoms with Crippen LogP contribution in [-0.2, 0) is 4.79 Å². The average molecular weight is 229 g/mol. The molecule has 64 valence electrons. The van der Waals surface area contributed by atoms with E-state index < -0.39 is 11.9 Å². The van der Waals surface area contributed by atoms with Crippen LogP contribution >= 0.6 is 15.9 Å². The van der Waals surface area contributed by atoms with E-state index in [-0.39, 0.29) is 0 Å². The van der Waals surface area contributed by atoms with E-state index in [1.807, 2.05) is 12.1 Å². The van der Waals surface area contributed by atoms with E-state index in [0.29, 0.717) is 0 Å². The number of rotatable bonds is 2. The molecule has 4 N–H and O–H groups in total. The highest BCUT2D eigenvalue weighted by Crippen LogP contribution is 2.14. The van der Waals surface area contributed by atoms with Crippen LogP contribution in [0.4, 0.5) is 0 Å². The Morgan fingerprint density at radius 1 is 1.33 bits per heavy atom. The molecular formula is C8H9BrN2O. The van der Waals surface area contributed by atoms with E-state index in [1.165, 1.54) is 0 Å². The maximum Gasteiger partial charge on any atom is 0.238 e. The molecule has 0 radical (unpaired) electrons.